The molecule has 1 saturated carbocycles. The van der Waals surface area contributed by atoms with Crippen molar-refractivity contribution in [3.63, 3.8) is 0 Å². The predicted molar refractivity (Wildman–Crippen MR) is 98.8 cm³/mol. The number of amides is 1. The molecule has 1 heterocycles. The molecule has 26 heavy (non-hydrogen) atoms. The van der Waals surface area contributed by atoms with Gasteiger partial charge < -0.3 is 9.64 Å². The van der Waals surface area contributed by atoms with Crippen LogP contribution in [-0.2, 0) is 6.61 Å². The number of nitrogens with zero attached hydrogens (tertiary/aromatic N) is 3. The van der Waals surface area contributed by atoms with Crippen LogP contribution >= 0.6 is 0 Å². The fourth-order valence-electron chi connectivity index (χ4n) is 3.36. The summed E-state index contributed by atoms with van der Waals surface area (Å²) in [5, 5.41) is 9.47. The van der Waals surface area contributed by atoms with E-state index in [0.717, 1.165) is 41.7 Å². The SMILES string of the molecule is Cc1cc(C(=O)N(C)C2(C#N)CCC2)cc(C)c1OCc1cccnc1. The lowest BCUT2D eigenvalue weighted by Crippen LogP contribution is -2.53. The highest BCUT2D eigenvalue weighted by molar-refractivity contribution is 5.95. The molecule has 0 unspecified atom stereocenters. The molecule has 2 aromatic rings. The van der Waals surface area contributed by atoms with Crippen molar-refractivity contribution < 1.29 is 9.53 Å². The van der Waals surface area contributed by atoms with E-state index in [2.05, 4.69) is 11.1 Å². The van der Waals surface area contributed by atoms with Gasteiger partial charge in [0.25, 0.3) is 5.91 Å². The van der Waals surface area contributed by atoms with E-state index < -0.39 is 5.54 Å². The minimum absolute atomic E-state index is 0.115. The van der Waals surface area contributed by atoms with Gasteiger partial charge in [0.1, 0.15) is 17.9 Å². The third-order valence-corrected chi connectivity index (χ3v) is 5.15. The van der Waals surface area contributed by atoms with Gasteiger partial charge in [-0.1, -0.05) is 6.07 Å². The molecular weight excluding hydrogens is 326 g/mol. The second-order valence-electron chi connectivity index (χ2n) is 6.95. The predicted octanol–water partition coefficient (Wildman–Crippen LogP) is 3.80. The van der Waals surface area contributed by atoms with Crippen LogP contribution in [-0.4, -0.2) is 28.4 Å². The fraction of sp³-hybridized carbons (Fsp3) is 0.381. The van der Waals surface area contributed by atoms with Gasteiger partial charge in [-0.25, -0.2) is 0 Å². The molecule has 0 saturated heterocycles. The smallest absolute Gasteiger partial charge is 0.254 e. The van der Waals surface area contributed by atoms with E-state index in [9.17, 15) is 10.1 Å². The Hall–Kier alpha value is -2.87. The number of aromatic nitrogens is 1. The first-order chi connectivity index (χ1) is 12.5. The molecule has 1 aliphatic carbocycles. The Balaban J connectivity index is 1.78. The van der Waals surface area contributed by atoms with Crippen LogP contribution in [0.15, 0.2) is 36.7 Å². The monoisotopic (exact) mass is 349 g/mol. The van der Waals surface area contributed by atoms with Crippen molar-refractivity contribution in [1.29, 1.82) is 5.26 Å². The number of pyridine rings is 1. The van der Waals surface area contributed by atoms with Gasteiger partial charge in [0.15, 0.2) is 0 Å². The summed E-state index contributed by atoms with van der Waals surface area (Å²) in [6.07, 6.45) is 5.99. The highest BCUT2D eigenvalue weighted by Gasteiger charge is 2.43. The standard InChI is InChI=1S/C21H23N3O2/c1-15-10-18(20(25)24(3)21(14-22)7-5-8-21)11-16(2)19(15)26-13-17-6-4-9-23-12-17/h4,6,9-12H,5,7-8,13H2,1-3H3. The Morgan fingerprint density at radius 1 is 1.35 bits per heavy atom. The number of benzene rings is 1. The minimum Gasteiger partial charge on any atom is -0.488 e. The summed E-state index contributed by atoms with van der Waals surface area (Å²) < 4.78 is 5.95. The van der Waals surface area contributed by atoms with Crippen LogP contribution in [0.4, 0.5) is 0 Å². The molecule has 5 nitrogen and oxygen atoms in total. The molecule has 1 aliphatic rings. The summed E-state index contributed by atoms with van der Waals surface area (Å²) in [4.78, 5) is 18.5. The van der Waals surface area contributed by atoms with Crippen LogP contribution in [0.3, 0.4) is 0 Å². The Morgan fingerprint density at radius 2 is 2.04 bits per heavy atom. The van der Waals surface area contributed by atoms with Gasteiger partial charge in [-0.05, 0) is 62.4 Å². The highest BCUT2D eigenvalue weighted by atomic mass is 16.5. The lowest BCUT2D eigenvalue weighted by molar-refractivity contribution is 0.0497. The summed E-state index contributed by atoms with van der Waals surface area (Å²) in [5.74, 6) is 0.669. The maximum absolute atomic E-state index is 12.9. The largest absolute Gasteiger partial charge is 0.488 e. The van der Waals surface area contributed by atoms with E-state index in [0.29, 0.717) is 12.2 Å². The lowest BCUT2D eigenvalue weighted by atomic mass is 9.76. The number of carbonyl (C=O) groups excluding carboxylic acids is 1. The van der Waals surface area contributed by atoms with Crippen LogP contribution < -0.4 is 4.74 Å². The summed E-state index contributed by atoms with van der Waals surface area (Å²) in [6, 6.07) is 9.84. The highest BCUT2D eigenvalue weighted by Crippen LogP contribution is 2.37. The van der Waals surface area contributed by atoms with Crippen LogP contribution in [0.5, 0.6) is 5.75 Å². The molecule has 0 N–H and O–H groups in total. The molecule has 1 aromatic carbocycles. The third-order valence-electron chi connectivity index (χ3n) is 5.15. The number of aryl methyl sites for hydroxylation is 2. The molecule has 0 atom stereocenters. The summed E-state index contributed by atoms with van der Waals surface area (Å²) in [7, 11) is 1.72. The van der Waals surface area contributed by atoms with Gasteiger partial charge in [-0.15, -0.1) is 0 Å². The molecule has 0 aliphatic heterocycles. The van der Waals surface area contributed by atoms with E-state index in [1.165, 1.54) is 0 Å². The maximum atomic E-state index is 12.9. The zero-order chi connectivity index (χ0) is 18.7. The number of hydrogen-bond donors (Lipinski definition) is 0. The normalized spacial score (nSPS) is 14.8. The van der Waals surface area contributed by atoms with E-state index in [1.54, 1.807) is 24.3 Å². The zero-order valence-electron chi connectivity index (χ0n) is 15.5. The molecule has 1 aromatic heterocycles. The third kappa shape index (κ3) is 3.28. The number of hydrogen-bond acceptors (Lipinski definition) is 4. The average molecular weight is 349 g/mol. The van der Waals surface area contributed by atoms with Crippen molar-refractivity contribution in [2.75, 3.05) is 7.05 Å². The van der Waals surface area contributed by atoms with E-state index in [-0.39, 0.29) is 5.91 Å². The number of ether oxygens (including phenoxy) is 1. The Bertz CT molecular complexity index is 828. The number of rotatable bonds is 5. The molecular formula is C21H23N3O2. The Kier molecular flexibility index (Phi) is 4.94. The summed E-state index contributed by atoms with van der Waals surface area (Å²) >= 11 is 0. The quantitative estimate of drug-likeness (QED) is 0.823. The molecule has 1 amide bonds. The van der Waals surface area contributed by atoms with Crippen molar-refractivity contribution in [2.24, 2.45) is 0 Å². The molecule has 5 heteroatoms. The molecule has 3 rings (SSSR count). The Morgan fingerprint density at radius 3 is 2.54 bits per heavy atom. The second kappa shape index (κ2) is 7.17. The van der Waals surface area contributed by atoms with Gasteiger partial charge >= 0.3 is 0 Å². The van der Waals surface area contributed by atoms with Crippen molar-refractivity contribution in [2.45, 2.75) is 45.3 Å². The summed E-state index contributed by atoms with van der Waals surface area (Å²) in [6.45, 7) is 4.30. The summed E-state index contributed by atoms with van der Waals surface area (Å²) in [5.41, 5.74) is 2.76. The molecule has 134 valence electrons. The van der Waals surface area contributed by atoms with Gasteiger partial charge in [-0.2, -0.15) is 5.26 Å². The van der Waals surface area contributed by atoms with Gasteiger partial charge in [0.2, 0.25) is 0 Å². The number of carbonyl (C=O) groups is 1. The van der Waals surface area contributed by atoms with Crippen molar-refractivity contribution in [3.8, 4) is 11.8 Å². The first-order valence-electron chi connectivity index (χ1n) is 8.79. The first kappa shape index (κ1) is 17.9. The van der Waals surface area contributed by atoms with Crippen LogP contribution in [0.2, 0.25) is 0 Å². The second-order valence-corrected chi connectivity index (χ2v) is 6.95. The minimum atomic E-state index is -0.644. The van der Waals surface area contributed by atoms with Crippen LogP contribution in [0, 0.1) is 25.2 Å². The van der Waals surface area contributed by atoms with Crippen molar-refractivity contribution >= 4 is 5.91 Å². The van der Waals surface area contributed by atoms with Gasteiger partial charge in [0.05, 0.1) is 6.07 Å². The van der Waals surface area contributed by atoms with Gasteiger partial charge in [0, 0.05) is 30.6 Å². The Labute approximate surface area is 154 Å². The molecule has 0 bridgehead atoms. The van der Waals surface area contributed by atoms with Crippen molar-refractivity contribution in [1.82, 2.24) is 9.88 Å². The van der Waals surface area contributed by atoms with Crippen LogP contribution in [0.1, 0.15) is 46.3 Å². The molecule has 1 fully saturated rings. The number of nitriles is 1. The fourth-order valence-corrected chi connectivity index (χ4v) is 3.36. The van der Waals surface area contributed by atoms with E-state index >= 15 is 0 Å². The van der Waals surface area contributed by atoms with Crippen LogP contribution in [0.25, 0.3) is 0 Å². The van der Waals surface area contributed by atoms with E-state index in [1.807, 2.05) is 38.1 Å². The topological polar surface area (TPSA) is 66.2 Å². The molecule has 0 spiro atoms. The van der Waals surface area contributed by atoms with E-state index in [4.69, 9.17) is 4.74 Å². The van der Waals surface area contributed by atoms with Crippen molar-refractivity contribution in [3.05, 3.63) is 58.9 Å². The zero-order valence-corrected chi connectivity index (χ0v) is 15.5. The average Bonchev–Trinajstić information content (AvgIpc) is 2.60. The molecule has 0 radical (unpaired) electrons. The maximum Gasteiger partial charge on any atom is 0.254 e. The lowest BCUT2D eigenvalue weighted by Gasteiger charge is -2.43. The first-order valence-corrected chi connectivity index (χ1v) is 8.79. The van der Waals surface area contributed by atoms with Gasteiger partial charge in [-0.3, -0.25) is 9.78 Å².